The number of nitrogens with zero attached hydrogens (tertiary/aromatic N) is 1. The molecule has 0 unspecified atom stereocenters. The molecule has 3 rings (SSSR count). The number of carbonyl (C=O) groups excluding carboxylic acids is 2. The third-order valence-corrected chi connectivity index (χ3v) is 7.01. The van der Waals surface area contributed by atoms with E-state index in [-0.39, 0.29) is 25.0 Å². The molecule has 7 heteroatoms. The van der Waals surface area contributed by atoms with Crippen molar-refractivity contribution in [1.82, 2.24) is 10.2 Å². The smallest absolute Gasteiger partial charge is 0.261 e. The van der Waals surface area contributed by atoms with E-state index >= 15 is 0 Å². The molecule has 0 radical (unpaired) electrons. The van der Waals surface area contributed by atoms with Crippen LogP contribution in [0.15, 0.2) is 81.7 Å². The average molecular weight is 616 g/mol. The third-order valence-electron chi connectivity index (χ3n) is 5.86. The zero-order valence-electron chi connectivity index (χ0n) is 20.8. The van der Waals surface area contributed by atoms with Crippen molar-refractivity contribution in [3.63, 3.8) is 0 Å². The first-order valence-electron chi connectivity index (χ1n) is 12.1. The molecule has 5 nitrogen and oxygen atoms in total. The molecule has 0 heterocycles. The minimum atomic E-state index is -0.682. The zero-order chi connectivity index (χ0) is 26.1. The molecule has 36 heavy (non-hydrogen) atoms. The topological polar surface area (TPSA) is 58.6 Å². The quantitative estimate of drug-likeness (QED) is 0.268. The molecule has 0 saturated heterocycles. The van der Waals surface area contributed by atoms with Crippen LogP contribution in [0.3, 0.4) is 0 Å². The van der Waals surface area contributed by atoms with E-state index in [0.717, 1.165) is 20.1 Å². The molecule has 0 bridgehead atoms. The molecular weight excluding hydrogens is 584 g/mol. The first-order valence-corrected chi connectivity index (χ1v) is 13.6. The predicted molar refractivity (Wildman–Crippen MR) is 151 cm³/mol. The van der Waals surface area contributed by atoms with Crippen LogP contribution in [0, 0.1) is 0 Å². The summed E-state index contributed by atoms with van der Waals surface area (Å²) in [5.41, 5.74) is 3.09. The number of carbonyl (C=O) groups is 2. The van der Waals surface area contributed by atoms with Crippen molar-refractivity contribution in [2.45, 2.75) is 45.7 Å². The summed E-state index contributed by atoms with van der Waals surface area (Å²) in [5, 5.41) is 2.91. The monoisotopic (exact) mass is 614 g/mol. The van der Waals surface area contributed by atoms with Crippen molar-refractivity contribution in [2.75, 3.05) is 13.2 Å². The number of hydrogen-bond donors (Lipinski definition) is 1. The highest BCUT2D eigenvalue weighted by Gasteiger charge is 2.30. The Hall–Kier alpha value is -2.64. The average Bonchev–Trinajstić information content (AvgIpc) is 2.87. The first kappa shape index (κ1) is 27.9. The van der Waals surface area contributed by atoms with E-state index in [9.17, 15) is 9.59 Å². The van der Waals surface area contributed by atoms with Crippen LogP contribution < -0.4 is 10.1 Å². The number of halogens is 2. The highest BCUT2D eigenvalue weighted by molar-refractivity contribution is 9.10. The summed E-state index contributed by atoms with van der Waals surface area (Å²) in [4.78, 5) is 28.4. The van der Waals surface area contributed by atoms with E-state index in [1.165, 1.54) is 5.56 Å². The lowest BCUT2D eigenvalue weighted by molar-refractivity contribution is -0.142. The van der Waals surface area contributed by atoms with Crippen LogP contribution in [0.4, 0.5) is 0 Å². The molecular formula is C29H32Br2N2O3. The molecule has 3 aromatic carbocycles. The van der Waals surface area contributed by atoms with Gasteiger partial charge in [-0.2, -0.15) is 0 Å². The summed E-state index contributed by atoms with van der Waals surface area (Å²) in [6.45, 7) is 6.72. The van der Waals surface area contributed by atoms with Crippen molar-refractivity contribution in [3.05, 3.63) is 98.4 Å². The van der Waals surface area contributed by atoms with Crippen LogP contribution in [-0.4, -0.2) is 35.9 Å². The van der Waals surface area contributed by atoms with Gasteiger partial charge < -0.3 is 15.0 Å². The van der Waals surface area contributed by atoms with Gasteiger partial charge in [0.25, 0.3) is 5.91 Å². The van der Waals surface area contributed by atoms with E-state index in [2.05, 4.69) is 51.0 Å². The molecule has 0 fully saturated rings. The maximum atomic E-state index is 13.6. The minimum Gasteiger partial charge on any atom is -0.483 e. The van der Waals surface area contributed by atoms with Crippen molar-refractivity contribution in [3.8, 4) is 5.75 Å². The lowest BCUT2D eigenvalue weighted by atomic mass is 10.0. The second-order valence-electron chi connectivity index (χ2n) is 8.88. The van der Waals surface area contributed by atoms with E-state index in [1.54, 1.807) is 4.90 Å². The van der Waals surface area contributed by atoms with Gasteiger partial charge >= 0.3 is 0 Å². The number of hydrogen-bond acceptors (Lipinski definition) is 3. The van der Waals surface area contributed by atoms with Gasteiger partial charge in [0.1, 0.15) is 11.8 Å². The Balaban J connectivity index is 1.88. The van der Waals surface area contributed by atoms with Crippen LogP contribution in [0.2, 0.25) is 0 Å². The van der Waals surface area contributed by atoms with Crippen molar-refractivity contribution < 1.29 is 14.3 Å². The van der Waals surface area contributed by atoms with Gasteiger partial charge in [-0.1, -0.05) is 78.3 Å². The Morgan fingerprint density at radius 1 is 0.944 bits per heavy atom. The van der Waals surface area contributed by atoms with E-state index in [0.29, 0.717) is 24.6 Å². The van der Waals surface area contributed by atoms with E-state index in [4.69, 9.17) is 4.74 Å². The van der Waals surface area contributed by atoms with Crippen molar-refractivity contribution >= 4 is 43.7 Å². The van der Waals surface area contributed by atoms with Crippen LogP contribution in [0.5, 0.6) is 5.75 Å². The van der Waals surface area contributed by atoms with Gasteiger partial charge in [0, 0.05) is 24.0 Å². The Kier molecular flexibility index (Phi) is 10.6. The van der Waals surface area contributed by atoms with Crippen LogP contribution in [0.1, 0.15) is 43.4 Å². The zero-order valence-corrected chi connectivity index (χ0v) is 24.0. The fourth-order valence-corrected chi connectivity index (χ4v) is 4.62. The normalized spacial score (nSPS) is 11.7. The number of ether oxygens (including phenoxy) is 1. The molecule has 0 saturated carbocycles. The minimum absolute atomic E-state index is 0.180. The SMILES string of the molecule is CCNC(=O)[C@@H](Cc1ccccc1)N(Cc1ccc(Br)cc1)C(=O)COc1ccc(C(C)C)cc1Br. The molecule has 0 aliphatic heterocycles. The fourth-order valence-electron chi connectivity index (χ4n) is 3.85. The largest absolute Gasteiger partial charge is 0.483 e. The van der Waals surface area contributed by atoms with Crippen molar-refractivity contribution in [2.24, 2.45) is 0 Å². The van der Waals surface area contributed by atoms with Gasteiger partial charge in [-0.25, -0.2) is 0 Å². The van der Waals surface area contributed by atoms with Gasteiger partial charge in [0.15, 0.2) is 6.61 Å². The number of amides is 2. The Morgan fingerprint density at radius 3 is 2.25 bits per heavy atom. The Bertz CT molecular complexity index is 1150. The summed E-state index contributed by atoms with van der Waals surface area (Å²) in [7, 11) is 0. The highest BCUT2D eigenvalue weighted by atomic mass is 79.9. The van der Waals surface area contributed by atoms with Gasteiger partial charge in [-0.15, -0.1) is 0 Å². The van der Waals surface area contributed by atoms with Gasteiger partial charge in [0.2, 0.25) is 5.91 Å². The standard InChI is InChI=1S/C29H32Br2N2O3/c1-4-32-29(35)26(16-21-8-6-5-7-9-21)33(18-22-10-13-24(30)14-11-22)28(34)19-36-27-15-12-23(20(2)3)17-25(27)31/h5-15,17,20,26H,4,16,18-19H2,1-3H3,(H,32,35)/t26-/m1/s1. The molecule has 1 N–H and O–H groups in total. The summed E-state index contributed by atoms with van der Waals surface area (Å²) in [5.74, 6) is 0.530. The Morgan fingerprint density at radius 2 is 1.64 bits per heavy atom. The molecule has 0 aliphatic rings. The fraction of sp³-hybridized carbons (Fsp3) is 0.310. The number of benzene rings is 3. The van der Waals surface area contributed by atoms with E-state index in [1.807, 2.05) is 79.7 Å². The molecule has 0 spiro atoms. The second kappa shape index (κ2) is 13.6. The highest BCUT2D eigenvalue weighted by Crippen LogP contribution is 2.29. The summed E-state index contributed by atoms with van der Waals surface area (Å²) >= 11 is 7.02. The van der Waals surface area contributed by atoms with Crippen LogP contribution in [-0.2, 0) is 22.6 Å². The molecule has 0 aromatic heterocycles. The summed E-state index contributed by atoms with van der Waals surface area (Å²) < 4.78 is 7.68. The van der Waals surface area contributed by atoms with Gasteiger partial charge in [-0.05, 0) is 69.7 Å². The lowest BCUT2D eigenvalue weighted by Gasteiger charge is -2.31. The molecule has 2 amide bonds. The maximum absolute atomic E-state index is 13.6. The third kappa shape index (κ3) is 7.93. The Labute approximate surface area is 230 Å². The predicted octanol–water partition coefficient (Wildman–Crippen LogP) is 6.49. The summed E-state index contributed by atoms with van der Waals surface area (Å²) in [6, 6.07) is 22.7. The molecule has 1 atom stereocenters. The molecule has 3 aromatic rings. The molecule has 0 aliphatic carbocycles. The summed E-state index contributed by atoms with van der Waals surface area (Å²) in [6.07, 6.45) is 0.404. The second-order valence-corrected chi connectivity index (χ2v) is 10.7. The maximum Gasteiger partial charge on any atom is 0.261 e. The van der Waals surface area contributed by atoms with Gasteiger partial charge in [-0.3, -0.25) is 9.59 Å². The van der Waals surface area contributed by atoms with Crippen LogP contribution >= 0.6 is 31.9 Å². The lowest BCUT2D eigenvalue weighted by Crippen LogP contribution is -2.51. The molecule has 190 valence electrons. The number of nitrogens with one attached hydrogen (secondary N) is 1. The van der Waals surface area contributed by atoms with Gasteiger partial charge in [0.05, 0.1) is 4.47 Å². The number of likely N-dealkylation sites (N-methyl/N-ethyl adjacent to an activating group) is 1. The number of rotatable bonds is 11. The van der Waals surface area contributed by atoms with Crippen molar-refractivity contribution in [1.29, 1.82) is 0 Å². The first-order chi connectivity index (χ1) is 17.3. The van der Waals surface area contributed by atoms with E-state index < -0.39 is 6.04 Å². The van der Waals surface area contributed by atoms with Crippen LogP contribution in [0.25, 0.3) is 0 Å².